The van der Waals surface area contributed by atoms with Crippen molar-refractivity contribution in [2.24, 2.45) is 0 Å². The predicted molar refractivity (Wildman–Crippen MR) is 65.8 cm³/mol. The van der Waals surface area contributed by atoms with Crippen LogP contribution in [0.4, 0.5) is 24.7 Å². The number of anilines is 2. The van der Waals surface area contributed by atoms with Crippen LogP contribution < -0.4 is 5.32 Å². The van der Waals surface area contributed by atoms with Gasteiger partial charge < -0.3 is 10.4 Å². The van der Waals surface area contributed by atoms with Gasteiger partial charge in [-0.2, -0.15) is 0 Å². The van der Waals surface area contributed by atoms with Crippen LogP contribution in [-0.2, 0) is 0 Å². The zero-order chi connectivity index (χ0) is 14.9. The van der Waals surface area contributed by atoms with E-state index in [-0.39, 0.29) is 16.5 Å². The molecular formula is C12H6ClF3N2O2. The zero-order valence-electron chi connectivity index (χ0n) is 9.62. The SMILES string of the molecule is O=C(O)c1ccc(Cl)nc1Nc1cc(F)c(F)cc1F. The van der Waals surface area contributed by atoms with E-state index < -0.39 is 29.1 Å². The molecule has 1 aromatic heterocycles. The van der Waals surface area contributed by atoms with Crippen molar-refractivity contribution < 1.29 is 23.1 Å². The van der Waals surface area contributed by atoms with Gasteiger partial charge in [0.05, 0.1) is 5.69 Å². The van der Waals surface area contributed by atoms with Crippen molar-refractivity contribution >= 4 is 29.1 Å². The highest BCUT2D eigenvalue weighted by Gasteiger charge is 2.16. The molecule has 104 valence electrons. The van der Waals surface area contributed by atoms with E-state index in [0.29, 0.717) is 12.1 Å². The quantitative estimate of drug-likeness (QED) is 0.672. The Morgan fingerprint density at radius 2 is 1.80 bits per heavy atom. The molecule has 0 bridgehead atoms. The predicted octanol–water partition coefficient (Wildman–Crippen LogP) is 3.59. The minimum Gasteiger partial charge on any atom is -0.478 e. The molecule has 2 rings (SSSR count). The van der Waals surface area contributed by atoms with E-state index in [9.17, 15) is 18.0 Å². The van der Waals surface area contributed by atoms with Crippen molar-refractivity contribution in [1.29, 1.82) is 0 Å². The number of aromatic carboxylic acids is 1. The molecule has 0 aliphatic heterocycles. The van der Waals surface area contributed by atoms with Gasteiger partial charge in [0.25, 0.3) is 0 Å². The van der Waals surface area contributed by atoms with Gasteiger partial charge in [-0.25, -0.2) is 22.9 Å². The Kier molecular flexibility index (Phi) is 3.80. The highest BCUT2D eigenvalue weighted by molar-refractivity contribution is 6.29. The third-order valence-corrected chi connectivity index (χ3v) is 2.57. The van der Waals surface area contributed by atoms with Gasteiger partial charge in [0.1, 0.15) is 22.4 Å². The van der Waals surface area contributed by atoms with Crippen LogP contribution in [0, 0.1) is 17.5 Å². The van der Waals surface area contributed by atoms with Gasteiger partial charge in [-0.1, -0.05) is 11.6 Å². The number of benzene rings is 1. The lowest BCUT2D eigenvalue weighted by atomic mass is 10.2. The second-order valence-corrected chi connectivity index (χ2v) is 4.09. The first-order valence-corrected chi connectivity index (χ1v) is 5.57. The van der Waals surface area contributed by atoms with Crippen LogP contribution >= 0.6 is 11.6 Å². The summed E-state index contributed by atoms with van der Waals surface area (Å²) >= 11 is 5.61. The van der Waals surface area contributed by atoms with Crippen molar-refractivity contribution in [2.75, 3.05) is 5.32 Å². The third-order valence-electron chi connectivity index (χ3n) is 2.35. The first-order valence-electron chi connectivity index (χ1n) is 5.20. The van der Waals surface area contributed by atoms with Crippen molar-refractivity contribution in [3.05, 3.63) is 52.4 Å². The number of hydrogen-bond acceptors (Lipinski definition) is 3. The Morgan fingerprint density at radius 3 is 2.45 bits per heavy atom. The van der Waals surface area contributed by atoms with E-state index in [1.165, 1.54) is 6.07 Å². The van der Waals surface area contributed by atoms with Crippen LogP contribution in [0.2, 0.25) is 5.15 Å². The maximum Gasteiger partial charge on any atom is 0.339 e. The molecule has 0 aliphatic rings. The number of carboxylic acids is 1. The van der Waals surface area contributed by atoms with Crippen LogP contribution in [0.3, 0.4) is 0 Å². The van der Waals surface area contributed by atoms with E-state index in [0.717, 1.165) is 6.07 Å². The van der Waals surface area contributed by atoms with Gasteiger partial charge in [0.15, 0.2) is 11.6 Å². The first kappa shape index (κ1) is 14.1. The Balaban J connectivity index is 2.47. The molecule has 0 amide bonds. The number of carboxylic acid groups (broad SMARTS) is 1. The lowest BCUT2D eigenvalue weighted by molar-refractivity contribution is 0.0697. The summed E-state index contributed by atoms with van der Waals surface area (Å²) in [4.78, 5) is 14.7. The minimum atomic E-state index is -1.36. The van der Waals surface area contributed by atoms with E-state index in [1.807, 2.05) is 0 Å². The number of halogens is 4. The molecule has 0 saturated carbocycles. The largest absolute Gasteiger partial charge is 0.478 e. The molecular weight excluding hydrogens is 297 g/mol. The van der Waals surface area contributed by atoms with Crippen molar-refractivity contribution in [3.63, 3.8) is 0 Å². The summed E-state index contributed by atoms with van der Waals surface area (Å²) in [6, 6.07) is 3.27. The maximum absolute atomic E-state index is 13.5. The lowest BCUT2D eigenvalue weighted by Crippen LogP contribution is -2.06. The van der Waals surface area contributed by atoms with E-state index in [4.69, 9.17) is 16.7 Å². The molecule has 0 saturated heterocycles. The average Bonchev–Trinajstić information content (AvgIpc) is 2.35. The summed E-state index contributed by atoms with van der Waals surface area (Å²) in [5, 5.41) is 11.2. The Bertz CT molecular complexity index is 695. The van der Waals surface area contributed by atoms with Gasteiger partial charge >= 0.3 is 5.97 Å². The standard InChI is InChI=1S/C12H6ClF3N2O2/c13-10-2-1-5(12(19)20)11(18-10)17-9-4-7(15)6(14)3-8(9)16/h1-4H,(H,17,18)(H,19,20). The normalized spacial score (nSPS) is 10.4. The van der Waals surface area contributed by atoms with Crippen LogP contribution in [0.15, 0.2) is 24.3 Å². The lowest BCUT2D eigenvalue weighted by Gasteiger charge is -2.10. The van der Waals surface area contributed by atoms with Crippen LogP contribution in [-0.4, -0.2) is 16.1 Å². The topological polar surface area (TPSA) is 62.2 Å². The molecule has 1 aromatic carbocycles. The minimum absolute atomic E-state index is 0.0412. The molecule has 2 aromatic rings. The van der Waals surface area contributed by atoms with Crippen LogP contribution in [0.5, 0.6) is 0 Å². The molecule has 4 nitrogen and oxygen atoms in total. The van der Waals surface area contributed by atoms with Crippen molar-refractivity contribution in [3.8, 4) is 0 Å². The van der Waals surface area contributed by atoms with Gasteiger partial charge in [0, 0.05) is 12.1 Å². The average molecular weight is 303 g/mol. The molecule has 1 heterocycles. The third kappa shape index (κ3) is 2.83. The fraction of sp³-hybridized carbons (Fsp3) is 0. The highest BCUT2D eigenvalue weighted by Crippen LogP contribution is 2.25. The molecule has 20 heavy (non-hydrogen) atoms. The van der Waals surface area contributed by atoms with E-state index >= 15 is 0 Å². The Labute approximate surface area is 115 Å². The number of aromatic nitrogens is 1. The number of rotatable bonds is 3. The summed E-state index contributed by atoms with van der Waals surface area (Å²) in [5.74, 6) is -5.35. The fourth-order valence-corrected chi connectivity index (χ4v) is 1.60. The number of pyridine rings is 1. The van der Waals surface area contributed by atoms with Gasteiger partial charge in [-0.05, 0) is 12.1 Å². The van der Waals surface area contributed by atoms with Gasteiger partial charge in [-0.15, -0.1) is 0 Å². The monoisotopic (exact) mass is 302 g/mol. The van der Waals surface area contributed by atoms with Gasteiger partial charge in [0.2, 0.25) is 0 Å². The van der Waals surface area contributed by atoms with Gasteiger partial charge in [-0.3, -0.25) is 0 Å². The number of carbonyl (C=O) groups is 1. The maximum atomic E-state index is 13.5. The number of nitrogens with one attached hydrogen (secondary N) is 1. The summed E-state index contributed by atoms with van der Waals surface area (Å²) in [6.45, 7) is 0. The Morgan fingerprint density at radius 1 is 1.15 bits per heavy atom. The summed E-state index contributed by atoms with van der Waals surface area (Å²) < 4.78 is 39.3. The van der Waals surface area contributed by atoms with Crippen LogP contribution in [0.1, 0.15) is 10.4 Å². The molecule has 2 N–H and O–H groups in total. The molecule has 0 aliphatic carbocycles. The fourth-order valence-electron chi connectivity index (χ4n) is 1.45. The zero-order valence-corrected chi connectivity index (χ0v) is 10.4. The number of hydrogen-bond donors (Lipinski definition) is 2. The van der Waals surface area contributed by atoms with Crippen LogP contribution in [0.25, 0.3) is 0 Å². The first-order chi connectivity index (χ1) is 9.38. The second-order valence-electron chi connectivity index (χ2n) is 3.71. The van der Waals surface area contributed by atoms with E-state index in [1.54, 1.807) is 0 Å². The molecule has 8 heteroatoms. The summed E-state index contributed by atoms with van der Waals surface area (Å²) in [7, 11) is 0. The molecule has 0 radical (unpaired) electrons. The number of nitrogens with zero attached hydrogens (tertiary/aromatic N) is 1. The second kappa shape index (κ2) is 5.38. The van der Waals surface area contributed by atoms with E-state index in [2.05, 4.69) is 10.3 Å². The Hall–Kier alpha value is -2.28. The molecule has 0 spiro atoms. The van der Waals surface area contributed by atoms with Crippen molar-refractivity contribution in [2.45, 2.75) is 0 Å². The summed E-state index contributed by atoms with van der Waals surface area (Å²) in [6.07, 6.45) is 0. The summed E-state index contributed by atoms with van der Waals surface area (Å²) in [5.41, 5.74) is -0.750. The highest BCUT2D eigenvalue weighted by atomic mass is 35.5. The van der Waals surface area contributed by atoms with Crippen molar-refractivity contribution in [1.82, 2.24) is 4.98 Å². The molecule has 0 atom stereocenters. The molecule has 0 unspecified atom stereocenters. The smallest absolute Gasteiger partial charge is 0.339 e. The molecule has 0 fully saturated rings.